The smallest absolute Gasteiger partial charge is 0.423 e. The number of anilines is 2. The Morgan fingerprint density at radius 2 is 2.03 bits per heavy atom. The average molecular weight is 444 g/mol. The fourth-order valence-electron chi connectivity index (χ4n) is 4.00. The molecule has 0 saturated carbocycles. The minimum atomic E-state index is -1.53. The number of amides is 1. The summed E-state index contributed by atoms with van der Waals surface area (Å²) in [4.78, 5) is 23.3. The van der Waals surface area contributed by atoms with E-state index in [0.29, 0.717) is 34.9 Å². The Morgan fingerprint density at radius 3 is 2.82 bits per heavy atom. The number of rotatable bonds is 6. The zero-order valence-corrected chi connectivity index (χ0v) is 17.8. The van der Waals surface area contributed by atoms with Crippen LogP contribution < -0.4 is 21.4 Å². The quantitative estimate of drug-likeness (QED) is 0.290. The molecule has 1 aliphatic rings. The molecule has 0 saturated heterocycles. The van der Waals surface area contributed by atoms with Crippen molar-refractivity contribution in [3.8, 4) is 11.5 Å². The van der Waals surface area contributed by atoms with E-state index in [9.17, 15) is 14.8 Å². The molecule has 0 aliphatic carbocycles. The standard InChI is InChI=1S/C21H21BN8O3/c1-29-9-8-14-18(29)21(24-11-12-4-2-5-13(10-12)22(32)33)26-20(25-14)17-15-6-3-7-16(19(23)31)30(15)28-27-17/h2-7,10,32-33H,8-9,11H2,1H3,(H2,23,31)(H,24,25,26). The molecule has 5 rings (SSSR count). The molecule has 166 valence electrons. The molecule has 3 aromatic heterocycles. The highest BCUT2D eigenvalue weighted by molar-refractivity contribution is 6.58. The van der Waals surface area contributed by atoms with Gasteiger partial charge in [-0.3, -0.25) is 4.79 Å². The van der Waals surface area contributed by atoms with E-state index < -0.39 is 13.0 Å². The first-order valence-electron chi connectivity index (χ1n) is 10.4. The van der Waals surface area contributed by atoms with Crippen LogP contribution in [-0.2, 0) is 13.0 Å². The van der Waals surface area contributed by atoms with Gasteiger partial charge < -0.3 is 26.0 Å². The van der Waals surface area contributed by atoms with Gasteiger partial charge >= 0.3 is 7.12 Å². The summed E-state index contributed by atoms with van der Waals surface area (Å²) in [6, 6.07) is 12.1. The predicted molar refractivity (Wildman–Crippen MR) is 123 cm³/mol. The molecular weight excluding hydrogens is 423 g/mol. The number of hydrogen-bond donors (Lipinski definition) is 4. The van der Waals surface area contributed by atoms with E-state index in [-0.39, 0.29) is 5.69 Å². The second-order valence-electron chi connectivity index (χ2n) is 7.85. The van der Waals surface area contributed by atoms with E-state index in [1.165, 1.54) is 4.52 Å². The van der Waals surface area contributed by atoms with Crippen LogP contribution in [-0.4, -0.2) is 61.5 Å². The summed E-state index contributed by atoms with van der Waals surface area (Å²) >= 11 is 0. The lowest BCUT2D eigenvalue weighted by Crippen LogP contribution is -2.30. The zero-order chi connectivity index (χ0) is 23.1. The van der Waals surface area contributed by atoms with Crippen LogP contribution in [0.4, 0.5) is 11.5 Å². The summed E-state index contributed by atoms with van der Waals surface area (Å²) in [7, 11) is 0.452. The number of hydrogen-bond acceptors (Lipinski definition) is 9. The average Bonchev–Trinajstić information content (AvgIpc) is 3.41. The van der Waals surface area contributed by atoms with E-state index >= 15 is 0 Å². The van der Waals surface area contributed by atoms with E-state index in [1.54, 1.807) is 36.4 Å². The molecule has 1 aliphatic heterocycles. The fourth-order valence-corrected chi connectivity index (χ4v) is 4.00. The third-order valence-corrected chi connectivity index (χ3v) is 5.64. The number of nitrogens with two attached hydrogens (primary N) is 1. The van der Waals surface area contributed by atoms with Crippen molar-refractivity contribution in [2.24, 2.45) is 5.73 Å². The van der Waals surface area contributed by atoms with Gasteiger partial charge in [-0.15, -0.1) is 5.10 Å². The third kappa shape index (κ3) is 3.75. The minimum Gasteiger partial charge on any atom is -0.423 e. The van der Waals surface area contributed by atoms with Crippen molar-refractivity contribution in [1.82, 2.24) is 24.8 Å². The number of pyridine rings is 1. The Kier molecular flexibility index (Phi) is 5.15. The van der Waals surface area contributed by atoms with Crippen molar-refractivity contribution in [3.63, 3.8) is 0 Å². The second-order valence-corrected chi connectivity index (χ2v) is 7.85. The van der Waals surface area contributed by atoms with Gasteiger partial charge in [0.15, 0.2) is 17.3 Å². The maximum Gasteiger partial charge on any atom is 0.488 e. The van der Waals surface area contributed by atoms with Crippen molar-refractivity contribution in [1.29, 1.82) is 0 Å². The summed E-state index contributed by atoms with van der Waals surface area (Å²) in [5, 5.41) is 30.5. The van der Waals surface area contributed by atoms with Crippen LogP contribution in [0.25, 0.3) is 17.0 Å². The van der Waals surface area contributed by atoms with Gasteiger partial charge in [-0.1, -0.05) is 35.5 Å². The molecule has 4 aromatic rings. The summed E-state index contributed by atoms with van der Waals surface area (Å²) in [6.07, 6.45) is 0.758. The summed E-state index contributed by atoms with van der Waals surface area (Å²) < 4.78 is 1.39. The number of benzene rings is 1. The van der Waals surface area contributed by atoms with Gasteiger partial charge in [0.2, 0.25) is 0 Å². The van der Waals surface area contributed by atoms with E-state index in [1.807, 2.05) is 13.1 Å². The molecule has 0 bridgehead atoms. The van der Waals surface area contributed by atoms with E-state index in [0.717, 1.165) is 29.9 Å². The monoisotopic (exact) mass is 444 g/mol. The van der Waals surface area contributed by atoms with Crippen molar-refractivity contribution in [3.05, 3.63) is 59.4 Å². The van der Waals surface area contributed by atoms with Gasteiger partial charge in [-0.2, -0.15) is 0 Å². The van der Waals surface area contributed by atoms with Gasteiger partial charge in [0.1, 0.15) is 11.4 Å². The molecule has 11 nitrogen and oxygen atoms in total. The molecule has 0 atom stereocenters. The molecule has 0 radical (unpaired) electrons. The van der Waals surface area contributed by atoms with Gasteiger partial charge in [0.05, 0.1) is 11.2 Å². The van der Waals surface area contributed by atoms with Crippen LogP contribution in [0.3, 0.4) is 0 Å². The topological polar surface area (TPSA) is 155 Å². The van der Waals surface area contributed by atoms with Crippen LogP contribution in [0, 0.1) is 0 Å². The second kappa shape index (κ2) is 8.15. The highest BCUT2D eigenvalue weighted by Crippen LogP contribution is 2.34. The number of nitrogens with one attached hydrogen (secondary N) is 1. The summed E-state index contributed by atoms with van der Waals surface area (Å²) in [6.45, 7) is 1.23. The number of carbonyl (C=O) groups excluding carboxylic acids is 1. The van der Waals surface area contributed by atoms with Crippen LogP contribution in [0.2, 0.25) is 0 Å². The van der Waals surface area contributed by atoms with E-state index in [4.69, 9.17) is 15.7 Å². The van der Waals surface area contributed by atoms with Crippen LogP contribution in [0.5, 0.6) is 0 Å². The molecule has 4 heterocycles. The maximum absolute atomic E-state index is 11.7. The normalized spacial score (nSPS) is 12.8. The highest BCUT2D eigenvalue weighted by atomic mass is 16.4. The number of carbonyl (C=O) groups is 1. The molecule has 5 N–H and O–H groups in total. The lowest BCUT2D eigenvalue weighted by Gasteiger charge is -2.17. The van der Waals surface area contributed by atoms with Crippen LogP contribution in [0.1, 0.15) is 21.7 Å². The summed E-state index contributed by atoms with van der Waals surface area (Å²) in [5.74, 6) is 0.422. The van der Waals surface area contributed by atoms with Gasteiger partial charge in [0, 0.05) is 26.6 Å². The molecule has 0 fully saturated rings. The Morgan fingerprint density at radius 1 is 1.21 bits per heavy atom. The number of primary amides is 1. The SMILES string of the molecule is CN1CCc2nc(-c3nnn4c(C(N)=O)cccc34)nc(NCc3cccc(B(O)O)c3)c21. The lowest BCUT2D eigenvalue weighted by molar-refractivity contribution is 0.0993. The zero-order valence-electron chi connectivity index (χ0n) is 17.8. The molecule has 0 unspecified atom stereocenters. The number of nitrogens with zero attached hydrogens (tertiary/aromatic N) is 6. The van der Waals surface area contributed by atoms with Gasteiger partial charge in [-0.05, 0) is 23.2 Å². The minimum absolute atomic E-state index is 0.219. The Labute approximate surface area is 189 Å². The molecule has 12 heteroatoms. The first kappa shape index (κ1) is 20.9. The lowest BCUT2D eigenvalue weighted by atomic mass is 9.80. The van der Waals surface area contributed by atoms with Crippen molar-refractivity contribution >= 4 is 35.5 Å². The number of aromatic nitrogens is 5. The molecule has 1 aromatic carbocycles. The fraction of sp³-hybridized carbons (Fsp3) is 0.190. The van der Waals surface area contributed by atoms with Crippen LogP contribution in [0.15, 0.2) is 42.5 Å². The largest absolute Gasteiger partial charge is 0.488 e. The Balaban J connectivity index is 1.55. The molecule has 33 heavy (non-hydrogen) atoms. The van der Waals surface area contributed by atoms with Crippen LogP contribution >= 0.6 is 0 Å². The Bertz CT molecular complexity index is 1370. The van der Waals surface area contributed by atoms with Gasteiger partial charge in [0.25, 0.3) is 5.91 Å². The number of likely N-dealkylation sites (N-methyl/N-ethyl adjacent to an activating group) is 1. The van der Waals surface area contributed by atoms with Gasteiger partial charge in [-0.25, -0.2) is 14.5 Å². The first-order valence-corrected chi connectivity index (χ1v) is 10.4. The maximum atomic E-state index is 11.7. The summed E-state index contributed by atoms with van der Waals surface area (Å²) in [5.41, 5.74) is 9.79. The molecule has 0 spiro atoms. The third-order valence-electron chi connectivity index (χ3n) is 5.64. The van der Waals surface area contributed by atoms with Crippen molar-refractivity contribution in [2.45, 2.75) is 13.0 Å². The first-order chi connectivity index (χ1) is 15.9. The highest BCUT2D eigenvalue weighted by Gasteiger charge is 2.26. The van der Waals surface area contributed by atoms with Crippen molar-refractivity contribution in [2.75, 3.05) is 23.8 Å². The Hall–Kier alpha value is -4.03. The molecular formula is C21H21BN8O3. The van der Waals surface area contributed by atoms with Crippen molar-refractivity contribution < 1.29 is 14.8 Å². The van der Waals surface area contributed by atoms with E-state index in [2.05, 4.69) is 20.5 Å². The molecule has 1 amide bonds. The predicted octanol–water partition coefficient (Wildman–Crippen LogP) is -0.431. The number of fused-ring (bicyclic) bond motifs is 2.